The monoisotopic (exact) mass is 357 g/mol. The molecule has 0 aromatic heterocycles. The second-order valence-corrected chi connectivity index (χ2v) is 5.55. The quantitative estimate of drug-likeness (QED) is 0.793. The summed E-state index contributed by atoms with van der Waals surface area (Å²) in [6.07, 6.45) is 0.364. The zero-order chi connectivity index (χ0) is 16.0. The van der Waals surface area contributed by atoms with E-state index in [4.69, 9.17) is 9.47 Å². The summed E-state index contributed by atoms with van der Waals surface area (Å²) in [6, 6.07) is 2.83. The smallest absolute Gasteiger partial charge is 0.328 e. The van der Waals surface area contributed by atoms with Crippen LogP contribution < -0.4 is 5.32 Å². The van der Waals surface area contributed by atoms with Crippen molar-refractivity contribution in [3.05, 3.63) is 33.3 Å². The van der Waals surface area contributed by atoms with E-state index in [1.54, 1.807) is 12.1 Å². The molecule has 21 heavy (non-hydrogen) atoms. The Bertz CT molecular complexity index is 507. The number of benzene rings is 1. The third kappa shape index (κ3) is 4.82. The maximum atomic E-state index is 12.3. The van der Waals surface area contributed by atoms with E-state index < -0.39 is 12.0 Å². The van der Waals surface area contributed by atoms with Crippen LogP contribution in [-0.4, -0.2) is 38.7 Å². The van der Waals surface area contributed by atoms with Gasteiger partial charge in [-0.05, 0) is 37.1 Å². The molecular formula is C15H20BrNO4. The van der Waals surface area contributed by atoms with Crippen molar-refractivity contribution in [1.29, 1.82) is 0 Å². The number of nitrogens with one attached hydrogen (secondary N) is 1. The molecule has 1 aromatic carbocycles. The van der Waals surface area contributed by atoms with E-state index >= 15 is 0 Å². The standard InChI is InChI=1S/C15H20BrNO4/c1-9-7-11(8-10(2)13(9)16)14(18)17-12(5-6-20-3)15(19)21-4/h7-8,12H,5-6H2,1-4H3,(H,17,18). The highest BCUT2D eigenvalue weighted by atomic mass is 79.9. The van der Waals surface area contributed by atoms with Crippen molar-refractivity contribution in [2.75, 3.05) is 20.8 Å². The normalized spacial score (nSPS) is 11.9. The van der Waals surface area contributed by atoms with Crippen LogP contribution in [0.1, 0.15) is 27.9 Å². The van der Waals surface area contributed by atoms with Crippen LogP contribution in [0.4, 0.5) is 0 Å². The lowest BCUT2D eigenvalue weighted by molar-refractivity contribution is -0.143. The summed E-state index contributed by atoms with van der Waals surface area (Å²) in [6.45, 7) is 4.19. The van der Waals surface area contributed by atoms with Gasteiger partial charge < -0.3 is 14.8 Å². The summed E-state index contributed by atoms with van der Waals surface area (Å²) in [7, 11) is 2.83. The number of rotatable bonds is 6. The molecule has 1 N–H and O–H groups in total. The topological polar surface area (TPSA) is 64.6 Å². The van der Waals surface area contributed by atoms with Crippen LogP contribution in [0, 0.1) is 13.8 Å². The number of ether oxygens (including phenoxy) is 2. The Balaban J connectivity index is 2.88. The van der Waals surface area contributed by atoms with Gasteiger partial charge in [-0.3, -0.25) is 4.79 Å². The average molecular weight is 358 g/mol. The molecule has 1 atom stereocenters. The van der Waals surface area contributed by atoms with Crippen LogP contribution in [0.25, 0.3) is 0 Å². The molecule has 0 bridgehead atoms. The maximum Gasteiger partial charge on any atom is 0.328 e. The third-order valence-corrected chi connectivity index (χ3v) is 4.35. The van der Waals surface area contributed by atoms with Gasteiger partial charge in [0.15, 0.2) is 0 Å². The fourth-order valence-corrected chi connectivity index (χ4v) is 2.17. The highest BCUT2D eigenvalue weighted by molar-refractivity contribution is 9.10. The Kier molecular flexibility index (Phi) is 6.84. The van der Waals surface area contributed by atoms with E-state index in [0.29, 0.717) is 18.6 Å². The lowest BCUT2D eigenvalue weighted by Crippen LogP contribution is -2.42. The van der Waals surface area contributed by atoms with E-state index in [1.165, 1.54) is 14.2 Å². The van der Waals surface area contributed by atoms with Gasteiger partial charge in [-0.25, -0.2) is 4.79 Å². The second-order valence-electron chi connectivity index (χ2n) is 4.75. The van der Waals surface area contributed by atoms with E-state index in [1.807, 2.05) is 13.8 Å². The molecule has 0 aliphatic heterocycles. The van der Waals surface area contributed by atoms with Crippen molar-refractivity contribution in [3.63, 3.8) is 0 Å². The molecule has 0 spiro atoms. The highest BCUT2D eigenvalue weighted by Crippen LogP contribution is 2.22. The van der Waals surface area contributed by atoms with Crippen LogP contribution in [-0.2, 0) is 14.3 Å². The number of methoxy groups -OCH3 is 2. The number of halogens is 1. The fraction of sp³-hybridized carbons (Fsp3) is 0.467. The van der Waals surface area contributed by atoms with Crippen LogP contribution in [0.3, 0.4) is 0 Å². The van der Waals surface area contributed by atoms with Gasteiger partial charge in [-0.2, -0.15) is 0 Å². The van der Waals surface area contributed by atoms with Crippen molar-refractivity contribution in [1.82, 2.24) is 5.32 Å². The predicted octanol–water partition coefficient (Wildman–Crippen LogP) is 2.37. The molecule has 0 heterocycles. The first-order valence-electron chi connectivity index (χ1n) is 6.55. The Morgan fingerprint density at radius 1 is 1.24 bits per heavy atom. The summed E-state index contributed by atoms with van der Waals surface area (Å²) in [5.41, 5.74) is 2.44. The summed E-state index contributed by atoms with van der Waals surface area (Å²) >= 11 is 3.46. The van der Waals surface area contributed by atoms with Crippen molar-refractivity contribution in [2.24, 2.45) is 0 Å². The molecule has 0 aliphatic carbocycles. The van der Waals surface area contributed by atoms with Gasteiger partial charge in [0, 0.05) is 30.2 Å². The number of hydrogen-bond acceptors (Lipinski definition) is 4. The van der Waals surface area contributed by atoms with E-state index in [-0.39, 0.29) is 5.91 Å². The molecule has 0 aliphatic rings. The molecule has 5 nitrogen and oxygen atoms in total. The molecule has 1 rings (SSSR count). The average Bonchev–Trinajstić information content (AvgIpc) is 2.47. The largest absolute Gasteiger partial charge is 0.467 e. The van der Waals surface area contributed by atoms with Gasteiger partial charge >= 0.3 is 5.97 Å². The van der Waals surface area contributed by atoms with Gasteiger partial charge in [0.05, 0.1) is 7.11 Å². The molecule has 1 amide bonds. The number of aryl methyl sites for hydroxylation is 2. The van der Waals surface area contributed by atoms with Gasteiger partial charge in [0.25, 0.3) is 5.91 Å². The van der Waals surface area contributed by atoms with Crippen LogP contribution in [0.5, 0.6) is 0 Å². The summed E-state index contributed by atoms with van der Waals surface area (Å²) in [5, 5.41) is 2.68. The fourth-order valence-electron chi connectivity index (χ4n) is 1.95. The molecule has 6 heteroatoms. The molecular weight excluding hydrogens is 338 g/mol. The van der Waals surface area contributed by atoms with Crippen molar-refractivity contribution in [2.45, 2.75) is 26.3 Å². The number of hydrogen-bond donors (Lipinski definition) is 1. The number of carbonyl (C=O) groups excluding carboxylic acids is 2. The lowest BCUT2D eigenvalue weighted by atomic mass is 10.1. The van der Waals surface area contributed by atoms with Crippen molar-refractivity contribution >= 4 is 27.8 Å². The number of esters is 1. The molecule has 116 valence electrons. The first-order valence-corrected chi connectivity index (χ1v) is 7.34. The molecule has 0 saturated carbocycles. The van der Waals surface area contributed by atoms with E-state index in [2.05, 4.69) is 21.2 Å². The minimum absolute atomic E-state index is 0.305. The summed E-state index contributed by atoms with van der Waals surface area (Å²) in [4.78, 5) is 24.0. The molecule has 0 radical (unpaired) electrons. The first-order chi connectivity index (χ1) is 9.90. The van der Waals surface area contributed by atoms with Crippen molar-refractivity contribution < 1.29 is 19.1 Å². The molecule has 0 saturated heterocycles. The van der Waals surface area contributed by atoms with Crippen molar-refractivity contribution in [3.8, 4) is 0 Å². The lowest BCUT2D eigenvalue weighted by Gasteiger charge is -2.16. The zero-order valence-corrected chi connectivity index (χ0v) is 14.2. The molecule has 1 unspecified atom stereocenters. The Morgan fingerprint density at radius 2 is 1.81 bits per heavy atom. The number of amides is 1. The second kappa shape index (κ2) is 8.14. The van der Waals surface area contributed by atoms with Gasteiger partial charge in [-0.15, -0.1) is 0 Å². The van der Waals surface area contributed by atoms with E-state index in [9.17, 15) is 9.59 Å². The molecule has 0 fully saturated rings. The van der Waals surface area contributed by atoms with Crippen LogP contribution in [0.15, 0.2) is 16.6 Å². The zero-order valence-electron chi connectivity index (χ0n) is 12.7. The van der Waals surface area contributed by atoms with Crippen LogP contribution in [0.2, 0.25) is 0 Å². The van der Waals surface area contributed by atoms with Gasteiger partial charge in [0.2, 0.25) is 0 Å². The third-order valence-electron chi connectivity index (χ3n) is 3.10. The van der Waals surface area contributed by atoms with Crippen LogP contribution >= 0.6 is 15.9 Å². The highest BCUT2D eigenvalue weighted by Gasteiger charge is 2.22. The maximum absolute atomic E-state index is 12.3. The van der Waals surface area contributed by atoms with Gasteiger partial charge in [-0.1, -0.05) is 15.9 Å². The predicted molar refractivity (Wildman–Crippen MR) is 83.4 cm³/mol. The summed E-state index contributed by atoms with van der Waals surface area (Å²) < 4.78 is 10.6. The molecule has 1 aromatic rings. The Hall–Kier alpha value is -1.40. The first kappa shape index (κ1) is 17.7. The number of carbonyl (C=O) groups is 2. The minimum atomic E-state index is -0.716. The Labute approximate surface area is 133 Å². The SMILES string of the molecule is COCCC(NC(=O)c1cc(C)c(Br)c(C)c1)C(=O)OC. The van der Waals surface area contributed by atoms with Gasteiger partial charge in [0.1, 0.15) is 6.04 Å². The summed E-state index contributed by atoms with van der Waals surface area (Å²) in [5.74, 6) is -0.786. The Morgan fingerprint density at radius 3 is 2.29 bits per heavy atom. The minimum Gasteiger partial charge on any atom is -0.467 e. The van der Waals surface area contributed by atoms with E-state index in [0.717, 1.165) is 15.6 Å².